The molecule has 2 aromatic carbocycles. The molecule has 0 spiro atoms. The number of aromatic hydroxyl groups is 1. The molecule has 8 nitrogen and oxygen atoms in total. The number of phenolic OH excluding ortho intramolecular Hbond substituents is 1. The molecule has 0 bridgehead atoms. The van der Waals surface area contributed by atoms with Gasteiger partial charge < -0.3 is 25.5 Å². The Kier molecular flexibility index (Phi) is 6.25. The Labute approximate surface area is 249 Å². The summed E-state index contributed by atoms with van der Waals surface area (Å²) in [5, 5.41) is 58.9. The van der Waals surface area contributed by atoms with E-state index in [-0.39, 0.29) is 11.3 Å². The lowest BCUT2D eigenvalue weighted by Crippen LogP contribution is -2.75. The number of aryl methyl sites for hydroxylation is 2. The van der Waals surface area contributed by atoms with Crippen molar-refractivity contribution in [3.8, 4) is 5.75 Å². The van der Waals surface area contributed by atoms with Crippen LogP contribution in [0.4, 0.5) is 0 Å². The molecule has 0 saturated heterocycles. The summed E-state index contributed by atoms with van der Waals surface area (Å²) in [6, 6.07) is 10.6. The molecule has 5 N–H and O–H groups in total. The normalized spacial score (nSPS) is 32.6. The molecular formula is C35H36O8. The highest BCUT2D eigenvalue weighted by Crippen LogP contribution is 2.67. The standard InChI is InChI=1S/C35H36O8/c1-16(2)26-28(38)24(17(3)36)30(40)35(43)31(41)27-29(39)25-21(10-7-11-23(25)37)22(33(27,4)32(42)34(26,35)5)15-18-12-13-19-8-6-9-20(19)14-18/h7,10-16,26,32,37,39-40,42-43H,6,8-9H2,1-5H3/b22-15+/t26?,32-,33+,34+,35+/m1/s1. The lowest BCUT2D eigenvalue weighted by Gasteiger charge is -2.62. The van der Waals surface area contributed by atoms with Gasteiger partial charge in [-0.05, 0) is 72.9 Å². The van der Waals surface area contributed by atoms with Crippen LogP contribution in [-0.2, 0) is 27.2 Å². The van der Waals surface area contributed by atoms with Crippen molar-refractivity contribution >= 4 is 34.8 Å². The minimum absolute atomic E-state index is 0.0577. The summed E-state index contributed by atoms with van der Waals surface area (Å²) in [7, 11) is 0. The predicted octanol–water partition coefficient (Wildman–Crippen LogP) is 4.65. The monoisotopic (exact) mass is 584 g/mol. The maximum absolute atomic E-state index is 14.7. The van der Waals surface area contributed by atoms with Crippen molar-refractivity contribution in [1.29, 1.82) is 0 Å². The van der Waals surface area contributed by atoms with Gasteiger partial charge in [0.05, 0.1) is 22.7 Å². The number of phenols is 1. The highest BCUT2D eigenvalue weighted by atomic mass is 16.4. The van der Waals surface area contributed by atoms with Gasteiger partial charge in [-0.2, -0.15) is 0 Å². The second-order valence-corrected chi connectivity index (χ2v) is 13.2. The number of fused-ring (bicyclic) bond motifs is 4. The topological polar surface area (TPSA) is 152 Å². The van der Waals surface area contributed by atoms with Crippen molar-refractivity contribution in [2.45, 2.75) is 65.6 Å². The van der Waals surface area contributed by atoms with Crippen LogP contribution in [0.1, 0.15) is 68.9 Å². The maximum Gasteiger partial charge on any atom is 0.203 e. The minimum Gasteiger partial charge on any atom is -0.508 e. The van der Waals surface area contributed by atoms with Crippen molar-refractivity contribution in [3.05, 3.63) is 81.1 Å². The van der Waals surface area contributed by atoms with Gasteiger partial charge in [0.25, 0.3) is 0 Å². The van der Waals surface area contributed by atoms with Crippen LogP contribution in [0.5, 0.6) is 5.75 Å². The summed E-state index contributed by atoms with van der Waals surface area (Å²) < 4.78 is 0. The van der Waals surface area contributed by atoms with Crippen LogP contribution in [0.25, 0.3) is 17.4 Å². The Morgan fingerprint density at radius 3 is 2.35 bits per heavy atom. The van der Waals surface area contributed by atoms with E-state index in [4.69, 9.17) is 0 Å². The molecule has 0 heterocycles. The number of carbonyl (C=O) groups excluding carboxylic acids is 3. The van der Waals surface area contributed by atoms with Crippen LogP contribution in [-0.4, -0.2) is 54.6 Å². The smallest absolute Gasteiger partial charge is 0.203 e. The molecule has 0 aliphatic heterocycles. The van der Waals surface area contributed by atoms with Crippen LogP contribution in [0.2, 0.25) is 0 Å². The van der Waals surface area contributed by atoms with Crippen LogP contribution >= 0.6 is 0 Å². The number of carbonyl (C=O) groups is 3. The Morgan fingerprint density at radius 1 is 1.02 bits per heavy atom. The van der Waals surface area contributed by atoms with E-state index in [1.165, 1.54) is 24.1 Å². The lowest BCUT2D eigenvalue weighted by molar-refractivity contribution is -0.207. The van der Waals surface area contributed by atoms with Gasteiger partial charge in [-0.25, -0.2) is 0 Å². The van der Waals surface area contributed by atoms with Crippen molar-refractivity contribution in [3.63, 3.8) is 0 Å². The van der Waals surface area contributed by atoms with E-state index in [9.17, 15) is 39.9 Å². The van der Waals surface area contributed by atoms with Crippen LogP contribution in [0.3, 0.4) is 0 Å². The molecule has 4 aliphatic rings. The highest BCUT2D eigenvalue weighted by Gasteiger charge is 2.76. The third kappa shape index (κ3) is 3.42. The van der Waals surface area contributed by atoms with Gasteiger partial charge in [-0.1, -0.05) is 57.2 Å². The van der Waals surface area contributed by atoms with Crippen molar-refractivity contribution < 1.29 is 39.9 Å². The molecule has 1 unspecified atom stereocenters. The van der Waals surface area contributed by atoms with Crippen LogP contribution in [0.15, 0.2) is 53.3 Å². The number of ketones is 3. The van der Waals surface area contributed by atoms with Gasteiger partial charge in [-0.3, -0.25) is 14.4 Å². The van der Waals surface area contributed by atoms with Gasteiger partial charge in [-0.15, -0.1) is 0 Å². The molecule has 5 atom stereocenters. The largest absolute Gasteiger partial charge is 0.508 e. The third-order valence-corrected chi connectivity index (χ3v) is 10.5. The van der Waals surface area contributed by atoms with Gasteiger partial charge in [0, 0.05) is 11.3 Å². The van der Waals surface area contributed by atoms with E-state index in [2.05, 4.69) is 0 Å². The number of rotatable bonds is 3. The maximum atomic E-state index is 14.7. The minimum atomic E-state index is -2.93. The average Bonchev–Trinajstić information content (AvgIpc) is 3.40. The molecule has 1 saturated carbocycles. The second kappa shape index (κ2) is 9.24. The fourth-order valence-corrected chi connectivity index (χ4v) is 8.54. The number of hydrogen-bond donors (Lipinski definition) is 5. The first-order valence-electron chi connectivity index (χ1n) is 14.7. The Bertz CT molecular complexity index is 1740. The summed E-state index contributed by atoms with van der Waals surface area (Å²) in [6.45, 7) is 7.39. The van der Waals surface area contributed by atoms with Crippen molar-refractivity contribution in [2.24, 2.45) is 22.7 Å². The highest BCUT2D eigenvalue weighted by molar-refractivity contribution is 6.25. The molecule has 1 fully saturated rings. The average molecular weight is 585 g/mol. The molecule has 224 valence electrons. The lowest BCUT2D eigenvalue weighted by atomic mass is 9.41. The van der Waals surface area contributed by atoms with E-state index < -0.39 is 74.4 Å². The van der Waals surface area contributed by atoms with E-state index >= 15 is 0 Å². The van der Waals surface area contributed by atoms with E-state index in [1.54, 1.807) is 39.0 Å². The molecule has 2 aromatic rings. The zero-order chi connectivity index (χ0) is 31.4. The number of allylic oxidation sites excluding steroid dienone is 1. The summed E-state index contributed by atoms with van der Waals surface area (Å²) in [6.07, 6.45) is 3.01. The quantitative estimate of drug-likeness (QED) is 0.327. The number of benzene rings is 2. The molecule has 6 rings (SSSR count). The predicted molar refractivity (Wildman–Crippen MR) is 160 cm³/mol. The fourth-order valence-electron chi connectivity index (χ4n) is 8.54. The van der Waals surface area contributed by atoms with E-state index in [0.717, 1.165) is 31.7 Å². The summed E-state index contributed by atoms with van der Waals surface area (Å²) >= 11 is 0. The van der Waals surface area contributed by atoms with Crippen LogP contribution < -0.4 is 0 Å². The molecule has 0 aromatic heterocycles. The van der Waals surface area contributed by atoms with Crippen molar-refractivity contribution in [1.82, 2.24) is 0 Å². The fraction of sp³-hybridized carbons (Fsp3) is 0.400. The third-order valence-electron chi connectivity index (χ3n) is 10.5. The second-order valence-electron chi connectivity index (χ2n) is 13.2. The first kappa shape index (κ1) is 29.1. The van der Waals surface area contributed by atoms with Crippen molar-refractivity contribution in [2.75, 3.05) is 0 Å². The summed E-state index contributed by atoms with van der Waals surface area (Å²) in [5.74, 6) is -6.68. The molecule has 43 heavy (non-hydrogen) atoms. The summed E-state index contributed by atoms with van der Waals surface area (Å²) in [5.41, 5.74) is -3.87. The first-order chi connectivity index (χ1) is 20.1. The number of aliphatic hydroxyl groups is 4. The Morgan fingerprint density at radius 2 is 1.70 bits per heavy atom. The Hall–Kier alpha value is -4.01. The first-order valence-corrected chi connectivity index (χ1v) is 14.7. The zero-order valence-electron chi connectivity index (χ0n) is 24.9. The van der Waals surface area contributed by atoms with E-state index in [1.807, 2.05) is 18.2 Å². The molecule has 4 aliphatic carbocycles. The molecule has 8 heteroatoms. The zero-order valence-corrected chi connectivity index (χ0v) is 24.9. The van der Waals surface area contributed by atoms with E-state index in [0.29, 0.717) is 11.1 Å². The van der Waals surface area contributed by atoms with Crippen LogP contribution in [0, 0.1) is 22.7 Å². The van der Waals surface area contributed by atoms with Gasteiger partial charge >= 0.3 is 0 Å². The van der Waals surface area contributed by atoms with Gasteiger partial charge in [0.15, 0.2) is 17.2 Å². The Balaban J connectivity index is 1.73. The molecule has 0 amide bonds. The molecule has 0 radical (unpaired) electrons. The summed E-state index contributed by atoms with van der Waals surface area (Å²) in [4.78, 5) is 41.2. The number of aliphatic hydroxyl groups excluding tert-OH is 3. The van der Waals surface area contributed by atoms with Gasteiger partial charge in [0.2, 0.25) is 5.78 Å². The SMILES string of the molecule is CC(=O)C1=C(O)[C@]2(O)C(=O)C3=C(O)c4c(O)cccc4/C(=C\c4ccc5c(c4)CCC5)[C@]3(C)[C@@H](O)[C@]2(C)C(C(C)C)C1=O. The molecular weight excluding hydrogens is 548 g/mol. The number of hydrogen-bond acceptors (Lipinski definition) is 8. The number of Topliss-reactive ketones (excluding diaryl/α,β-unsaturated/α-hetero) is 3. The van der Waals surface area contributed by atoms with Gasteiger partial charge in [0.1, 0.15) is 22.8 Å².